The zero-order chi connectivity index (χ0) is 18.5. The van der Waals surface area contributed by atoms with Crippen LogP contribution in [0.25, 0.3) is 0 Å². The second-order valence-electron chi connectivity index (χ2n) is 6.21. The largest absolute Gasteiger partial charge is 0.508 e. The lowest BCUT2D eigenvalue weighted by molar-refractivity contribution is -0.113. The molecule has 1 aromatic heterocycles. The van der Waals surface area contributed by atoms with E-state index in [2.05, 4.69) is 5.32 Å². The lowest BCUT2D eigenvalue weighted by atomic mass is 9.80. The number of benzene rings is 1. The van der Waals surface area contributed by atoms with E-state index >= 15 is 0 Å². The Morgan fingerprint density at radius 3 is 2.28 bits per heavy atom. The fourth-order valence-corrected chi connectivity index (χ4v) is 3.35. The fraction of sp³-hybridized carbons (Fsp3) is 0.278. The minimum atomic E-state index is -0.611. The molecule has 1 atom stereocenters. The summed E-state index contributed by atoms with van der Waals surface area (Å²) in [5.74, 6) is -0.297. The summed E-state index contributed by atoms with van der Waals surface area (Å²) in [6.45, 7) is 3.19. The SMILES string of the molecule is CC(=O)C1=C(C)Nc2c(c(=O)n(C)c(=O)n2C)C1c1ccc(O)cc1. The van der Waals surface area contributed by atoms with Crippen molar-refractivity contribution in [1.82, 2.24) is 9.13 Å². The van der Waals surface area contributed by atoms with Crippen LogP contribution >= 0.6 is 0 Å². The summed E-state index contributed by atoms with van der Waals surface area (Å²) in [6.07, 6.45) is 0. The number of carbonyl (C=O) groups excluding carboxylic acids is 1. The van der Waals surface area contributed by atoms with E-state index in [1.165, 1.54) is 30.7 Å². The summed E-state index contributed by atoms with van der Waals surface area (Å²) >= 11 is 0. The maximum Gasteiger partial charge on any atom is 0.332 e. The van der Waals surface area contributed by atoms with Crippen LogP contribution in [0.2, 0.25) is 0 Å². The molecule has 7 nitrogen and oxygen atoms in total. The maximum absolute atomic E-state index is 12.8. The molecular formula is C18H19N3O4. The third-order valence-corrected chi connectivity index (χ3v) is 4.59. The molecule has 3 rings (SSSR count). The predicted molar refractivity (Wildman–Crippen MR) is 93.9 cm³/mol. The second kappa shape index (κ2) is 5.77. The topological polar surface area (TPSA) is 93.3 Å². The molecule has 0 fully saturated rings. The molecule has 0 aliphatic carbocycles. The van der Waals surface area contributed by atoms with Crippen LogP contribution in [0.1, 0.15) is 30.9 Å². The molecule has 2 heterocycles. The van der Waals surface area contributed by atoms with Crippen molar-refractivity contribution in [2.24, 2.45) is 14.1 Å². The minimum Gasteiger partial charge on any atom is -0.508 e. The first-order valence-electron chi connectivity index (χ1n) is 7.81. The van der Waals surface area contributed by atoms with E-state index in [0.29, 0.717) is 28.2 Å². The number of Topliss-reactive ketones (excluding diaryl/α,β-unsaturated/α-hetero) is 1. The number of rotatable bonds is 2. The molecule has 0 spiro atoms. The highest BCUT2D eigenvalue weighted by atomic mass is 16.3. The van der Waals surface area contributed by atoms with Gasteiger partial charge in [0.2, 0.25) is 0 Å². The van der Waals surface area contributed by atoms with Gasteiger partial charge in [-0.05, 0) is 31.5 Å². The Morgan fingerprint density at radius 2 is 1.72 bits per heavy atom. The quantitative estimate of drug-likeness (QED) is 0.856. The Bertz CT molecular complexity index is 1030. The van der Waals surface area contributed by atoms with E-state index in [0.717, 1.165) is 4.57 Å². The van der Waals surface area contributed by atoms with Crippen molar-refractivity contribution in [3.05, 3.63) is 67.5 Å². The van der Waals surface area contributed by atoms with Gasteiger partial charge in [-0.15, -0.1) is 0 Å². The lowest BCUT2D eigenvalue weighted by Gasteiger charge is -2.30. The van der Waals surface area contributed by atoms with E-state index in [9.17, 15) is 19.5 Å². The number of ketones is 1. The van der Waals surface area contributed by atoms with Crippen LogP contribution in [0, 0.1) is 0 Å². The number of phenolic OH excluding ortho intramolecular Hbond substituents is 1. The van der Waals surface area contributed by atoms with Crippen molar-refractivity contribution in [2.45, 2.75) is 19.8 Å². The van der Waals surface area contributed by atoms with E-state index < -0.39 is 17.2 Å². The van der Waals surface area contributed by atoms with Crippen molar-refractivity contribution in [3.63, 3.8) is 0 Å². The molecule has 2 aromatic rings. The van der Waals surface area contributed by atoms with Crippen LogP contribution in [0.4, 0.5) is 5.82 Å². The molecule has 0 saturated heterocycles. The highest BCUT2D eigenvalue weighted by molar-refractivity contribution is 5.98. The molecule has 2 N–H and O–H groups in total. The first-order valence-corrected chi connectivity index (χ1v) is 7.81. The standard InChI is InChI=1S/C18H19N3O4/c1-9-13(10(2)22)14(11-5-7-12(23)8-6-11)15-16(19-9)20(3)18(25)21(4)17(15)24/h5-8,14,19,23H,1-4H3. The van der Waals surface area contributed by atoms with Gasteiger partial charge < -0.3 is 10.4 Å². The number of hydrogen-bond donors (Lipinski definition) is 2. The summed E-state index contributed by atoms with van der Waals surface area (Å²) in [5.41, 5.74) is 1.21. The molecule has 1 aliphatic heterocycles. The van der Waals surface area contributed by atoms with Crippen LogP contribution in [-0.2, 0) is 18.9 Å². The van der Waals surface area contributed by atoms with Crippen molar-refractivity contribution in [2.75, 3.05) is 5.32 Å². The van der Waals surface area contributed by atoms with Crippen LogP contribution < -0.4 is 16.6 Å². The van der Waals surface area contributed by atoms with Crippen LogP contribution in [0.3, 0.4) is 0 Å². The van der Waals surface area contributed by atoms with Gasteiger partial charge in [-0.25, -0.2) is 4.79 Å². The highest BCUT2D eigenvalue weighted by Crippen LogP contribution is 2.39. The average Bonchev–Trinajstić information content (AvgIpc) is 2.57. The van der Waals surface area contributed by atoms with Crippen LogP contribution in [-0.4, -0.2) is 20.0 Å². The molecule has 25 heavy (non-hydrogen) atoms. The molecule has 0 amide bonds. The Balaban J connectivity index is 2.42. The van der Waals surface area contributed by atoms with Gasteiger partial charge in [-0.1, -0.05) is 12.1 Å². The van der Waals surface area contributed by atoms with Gasteiger partial charge >= 0.3 is 5.69 Å². The molecule has 1 aromatic carbocycles. The fourth-order valence-electron chi connectivity index (χ4n) is 3.35. The highest BCUT2D eigenvalue weighted by Gasteiger charge is 2.35. The summed E-state index contributed by atoms with van der Waals surface area (Å²) in [5, 5.41) is 12.6. The third kappa shape index (κ3) is 2.48. The van der Waals surface area contributed by atoms with Gasteiger partial charge in [0.25, 0.3) is 5.56 Å². The lowest BCUT2D eigenvalue weighted by Crippen LogP contribution is -2.43. The maximum atomic E-state index is 12.8. The monoisotopic (exact) mass is 341 g/mol. The molecule has 1 aliphatic rings. The second-order valence-corrected chi connectivity index (χ2v) is 6.21. The number of phenols is 1. The molecule has 7 heteroatoms. The van der Waals surface area contributed by atoms with Crippen molar-refractivity contribution >= 4 is 11.6 Å². The molecule has 0 saturated carbocycles. The van der Waals surface area contributed by atoms with Gasteiger partial charge in [0.05, 0.1) is 5.56 Å². The number of carbonyl (C=O) groups is 1. The summed E-state index contributed by atoms with van der Waals surface area (Å²) in [6, 6.07) is 6.37. The number of anilines is 1. The van der Waals surface area contributed by atoms with E-state index in [1.807, 2.05) is 0 Å². The smallest absolute Gasteiger partial charge is 0.332 e. The van der Waals surface area contributed by atoms with Crippen molar-refractivity contribution < 1.29 is 9.90 Å². The van der Waals surface area contributed by atoms with Crippen molar-refractivity contribution in [1.29, 1.82) is 0 Å². The normalized spacial score (nSPS) is 16.4. The minimum absolute atomic E-state index is 0.0938. The number of fused-ring (bicyclic) bond motifs is 1. The summed E-state index contributed by atoms with van der Waals surface area (Å²) < 4.78 is 2.40. The Kier molecular flexibility index (Phi) is 3.87. The number of nitrogens with one attached hydrogen (secondary N) is 1. The van der Waals surface area contributed by atoms with E-state index in [1.54, 1.807) is 26.1 Å². The van der Waals surface area contributed by atoms with Gasteiger partial charge in [0.1, 0.15) is 11.6 Å². The van der Waals surface area contributed by atoms with E-state index in [4.69, 9.17) is 0 Å². The number of aromatic nitrogens is 2. The Labute approximate surface area is 143 Å². The van der Waals surface area contributed by atoms with Gasteiger partial charge in [0, 0.05) is 31.3 Å². The van der Waals surface area contributed by atoms with Gasteiger partial charge in [0.15, 0.2) is 5.78 Å². The van der Waals surface area contributed by atoms with Crippen molar-refractivity contribution in [3.8, 4) is 5.75 Å². The molecular weight excluding hydrogens is 322 g/mol. The molecule has 1 unspecified atom stereocenters. The molecule has 130 valence electrons. The number of aromatic hydroxyl groups is 1. The van der Waals surface area contributed by atoms with Crippen LogP contribution in [0.15, 0.2) is 45.1 Å². The Morgan fingerprint density at radius 1 is 1.12 bits per heavy atom. The molecule has 0 bridgehead atoms. The number of nitrogens with zero attached hydrogens (tertiary/aromatic N) is 2. The Hall–Kier alpha value is -3.09. The zero-order valence-electron chi connectivity index (χ0n) is 14.5. The number of allylic oxidation sites excluding steroid dienone is 2. The first-order chi connectivity index (χ1) is 11.7. The summed E-state index contributed by atoms with van der Waals surface area (Å²) in [7, 11) is 2.99. The third-order valence-electron chi connectivity index (χ3n) is 4.59. The van der Waals surface area contributed by atoms with E-state index in [-0.39, 0.29) is 11.5 Å². The summed E-state index contributed by atoms with van der Waals surface area (Å²) in [4.78, 5) is 37.4. The number of hydrogen-bond acceptors (Lipinski definition) is 5. The average molecular weight is 341 g/mol. The first kappa shape index (κ1) is 16.8. The predicted octanol–water partition coefficient (Wildman–Crippen LogP) is 1.21. The van der Waals surface area contributed by atoms with Gasteiger partial charge in [-0.3, -0.25) is 18.7 Å². The van der Waals surface area contributed by atoms with Gasteiger partial charge in [-0.2, -0.15) is 0 Å². The van der Waals surface area contributed by atoms with Crippen LogP contribution in [0.5, 0.6) is 5.75 Å². The zero-order valence-corrected chi connectivity index (χ0v) is 14.5. The molecule has 0 radical (unpaired) electrons.